The number of aromatic hydroxyl groups is 2. The van der Waals surface area contributed by atoms with Gasteiger partial charge >= 0.3 is 0 Å². The van der Waals surface area contributed by atoms with Gasteiger partial charge in [0.15, 0.2) is 11.5 Å². The van der Waals surface area contributed by atoms with Crippen molar-refractivity contribution in [2.75, 3.05) is 0 Å². The molecule has 0 amide bonds. The fraction of sp³-hybridized carbons (Fsp3) is 0. The van der Waals surface area contributed by atoms with Crippen LogP contribution in [0.3, 0.4) is 0 Å². The van der Waals surface area contributed by atoms with Crippen molar-refractivity contribution in [3.8, 4) is 11.5 Å². The number of hydrogen-bond acceptors (Lipinski definition) is 6. The second-order valence-electron chi connectivity index (χ2n) is 3.94. The second-order valence-corrected chi connectivity index (χ2v) is 6.72. The van der Waals surface area contributed by atoms with E-state index in [-0.39, 0.29) is 10.8 Å². The lowest BCUT2D eigenvalue weighted by molar-refractivity contribution is 0.405. The molecule has 2 aromatic carbocycles. The van der Waals surface area contributed by atoms with Crippen LogP contribution in [0.15, 0.2) is 34.1 Å². The quantitative estimate of drug-likeness (QED) is 0.467. The predicted molar refractivity (Wildman–Crippen MR) is 66.9 cm³/mol. The summed E-state index contributed by atoms with van der Waals surface area (Å²) in [6.07, 6.45) is 0. The summed E-state index contributed by atoms with van der Waals surface area (Å²) in [5.74, 6) is -1.11. The summed E-state index contributed by atoms with van der Waals surface area (Å²) in [7, 11) is -9.83. The molecule has 0 fully saturated rings. The van der Waals surface area contributed by atoms with Crippen LogP contribution < -0.4 is 0 Å². The minimum Gasteiger partial charge on any atom is -0.504 e. The summed E-state index contributed by atoms with van der Waals surface area (Å²) in [6.45, 7) is 0. The molecule has 0 aliphatic rings. The molecule has 0 spiro atoms. The molecule has 4 N–H and O–H groups in total. The Morgan fingerprint density at radius 2 is 0.950 bits per heavy atom. The van der Waals surface area contributed by atoms with E-state index in [1.54, 1.807) is 0 Å². The highest BCUT2D eigenvalue weighted by Crippen LogP contribution is 2.34. The first kappa shape index (κ1) is 14.5. The fourth-order valence-electron chi connectivity index (χ4n) is 1.69. The Labute approximate surface area is 113 Å². The summed E-state index contributed by atoms with van der Waals surface area (Å²) in [5, 5.41) is 18.7. The lowest BCUT2D eigenvalue weighted by Gasteiger charge is -2.08. The molecule has 0 unspecified atom stereocenters. The Bertz CT molecular complexity index is 835. The molecular formula is C10H8O8S2. The summed E-state index contributed by atoms with van der Waals surface area (Å²) < 4.78 is 62.7. The number of phenolic OH excluding ortho intramolecular Hbond substituents is 2. The molecule has 108 valence electrons. The van der Waals surface area contributed by atoms with Crippen molar-refractivity contribution < 1.29 is 36.2 Å². The summed E-state index contributed by atoms with van der Waals surface area (Å²) in [4.78, 5) is -2.06. The number of fused-ring (bicyclic) bond motifs is 1. The van der Waals surface area contributed by atoms with Gasteiger partial charge in [0.05, 0.1) is 0 Å². The van der Waals surface area contributed by atoms with Crippen LogP contribution in [0.1, 0.15) is 0 Å². The van der Waals surface area contributed by atoms with Crippen molar-refractivity contribution in [2.24, 2.45) is 0 Å². The molecule has 0 atom stereocenters. The van der Waals surface area contributed by atoms with Crippen molar-refractivity contribution in [1.29, 1.82) is 0 Å². The van der Waals surface area contributed by atoms with E-state index >= 15 is 0 Å². The molecule has 0 heterocycles. The minimum atomic E-state index is -4.91. The van der Waals surface area contributed by atoms with Crippen LogP contribution in [0.5, 0.6) is 11.5 Å². The average Bonchev–Trinajstić information content (AvgIpc) is 2.26. The monoisotopic (exact) mass is 320 g/mol. The van der Waals surface area contributed by atoms with E-state index in [1.807, 2.05) is 0 Å². The van der Waals surface area contributed by atoms with Crippen molar-refractivity contribution >= 4 is 31.0 Å². The highest BCUT2D eigenvalue weighted by molar-refractivity contribution is 7.89. The standard InChI is InChI=1S/C10H8O8S2/c11-7-1-5-3-9(19(13,14)15)10(20(16,17)18)4-6(5)2-8(7)12/h1-4,11-12H,(H,13,14,15)(H,16,17,18). The van der Waals surface area contributed by atoms with Crippen molar-refractivity contribution in [2.45, 2.75) is 9.79 Å². The Balaban J connectivity index is 3.01. The summed E-state index contributed by atoms with van der Waals surface area (Å²) in [5.41, 5.74) is 0. The smallest absolute Gasteiger partial charge is 0.295 e. The molecule has 0 aliphatic carbocycles. The van der Waals surface area contributed by atoms with Gasteiger partial charge < -0.3 is 10.2 Å². The third-order valence-corrected chi connectivity index (χ3v) is 4.47. The topological polar surface area (TPSA) is 149 Å². The highest BCUT2D eigenvalue weighted by Gasteiger charge is 2.25. The molecule has 0 aromatic heterocycles. The minimum absolute atomic E-state index is 0.0420. The van der Waals surface area contributed by atoms with Crippen LogP contribution in [-0.2, 0) is 20.2 Å². The van der Waals surface area contributed by atoms with Crippen molar-refractivity contribution in [3.63, 3.8) is 0 Å². The first-order valence-corrected chi connectivity index (χ1v) is 7.83. The fourth-order valence-corrected chi connectivity index (χ4v) is 3.50. The van der Waals surface area contributed by atoms with Gasteiger partial charge in [0.2, 0.25) is 0 Å². The van der Waals surface area contributed by atoms with Gasteiger partial charge in [0.1, 0.15) is 9.79 Å². The highest BCUT2D eigenvalue weighted by atomic mass is 32.2. The number of benzene rings is 2. The van der Waals surface area contributed by atoms with Crippen molar-refractivity contribution in [1.82, 2.24) is 0 Å². The molecule has 8 nitrogen and oxygen atoms in total. The Hall–Kier alpha value is -1.88. The van der Waals surface area contributed by atoms with Crippen LogP contribution in [0.4, 0.5) is 0 Å². The number of phenols is 2. The second kappa shape index (κ2) is 4.31. The Morgan fingerprint density at radius 3 is 1.20 bits per heavy atom. The maximum absolute atomic E-state index is 11.2. The summed E-state index contributed by atoms with van der Waals surface area (Å²) in [6, 6.07) is 3.47. The van der Waals surface area contributed by atoms with Gasteiger partial charge in [-0.1, -0.05) is 0 Å². The molecule has 10 heteroatoms. The zero-order valence-corrected chi connectivity index (χ0v) is 11.2. The van der Waals surface area contributed by atoms with E-state index in [0.717, 1.165) is 24.3 Å². The molecule has 20 heavy (non-hydrogen) atoms. The molecule has 0 aliphatic heterocycles. The third-order valence-electron chi connectivity index (χ3n) is 2.55. The molecule has 0 radical (unpaired) electrons. The van der Waals surface area contributed by atoms with Gasteiger partial charge in [0, 0.05) is 0 Å². The largest absolute Gasteiger partial charge is 0.504 e. The van der Waals surface area contributed by atoms with Gasteiger partial charge in [0.25, 0.3) is 20.2 Å². The van der Waals surface area contributed by atoms with Gasteiger partial charge in [-0.05, 0) is 35.0 Å². The molecule has 2 rings (SSSR count). The van der Waals surface area contributed by atoms with Crippen LogP contribution in [0.25, 0.3) is 10.8 Å². The lowest BCUT2D eigenvalue weighted by Crippen LogP contribution is -2.08. The lowest BCUT2D eigenvalue weighted by atomic mass is 10.1. The number of rotatable bonds is 2. The zero-order valence-electron chi connectivity index (χ0n) is 9.55. The SMILES string of the molecule is O=S(=O)(O)c1cc2cc(O)c(O)cc2cc1S(=O)(=O)O. The third kappa shape index (κ3) is 2.54. The van der Waals surface area contributed by atoms with E-state index in [2.05, 4.69) is 0 Å². The first-order chi connectivity index (χ1) is 9.00. The van der Waals surface area contributed by atoms with Crippen molar-refractivity contribution in [3.05, 3.63) is 24.3 Å². The zero-order chi connectivity index (χ0) is 15.3. The van der Waals surface area contributed by atoms with Gasteiger partial charge in [-0.2, -0.15) is 16.8 Å². The predicted octanol–water partition coefficient (Wildman–Crippen LogP) is 0.744. The average molecular weight is 320 g/mol. The van der Waals surface area contributed by atoms with Gasteiger partial charge in [-0.25, -0.2) is 0 Å². The normalized spacial score (nSPS) is 12.7. The van der Waals surface area contributed by atoms with Gasteiger partial charge in [-0.15, -0.1) is 0 Å². The molecule has 2 aromatic rings. The molecular weight excluding hydrogens is 312 g/mol. The maximum Gasteiger partial charge on any atom is 0.295 e. The van der Waals surface area contributed by atoms with E-state index in [9.17, 15) is 27.0 Å². The molecule has 0 saturated heterocycles. The number of hydrogen-bond donors (Lipinski definition) is 4. The van der Waals surface area contributed by atoms with E-state index in [4.69, 9.17) is 9.11 Å². The van der Waals surface area contributed by atoms with E-state index < -0.39 is 41.5 Å². The van der Waals surface area contributed by atoms with Crippen LogP contribution >= 0.6 is 0 Å². The van der Waals surface area contributed by atoms with E-state index in [1.165, 1.54) is 0 Å². The summed E-state index contributed by atoms with van der Waals surface area (Å²) >= 11 is 0. The van der Waals surface area contributed by atoms with Crippen LogP contribution in [-0.4, -0.2) is 36.2 Å². The maximum atomic E-state index is 11.2. The first-order valence-electron chi connectivity index (χ1n) is 4.95. The van der Waals surface area contributed by atoms with Crippen LogP contribution in [0, 0.1) is 0 Å². The van der Waals surface area contributed by atoms with Gasteiger partial charge in [-0.3, -0.25) is 9.11 Å². The molecule has 0 bridgehead atoms. The van der Waals surface area contributed by atoms with Crippen LogP contribution in [0.2, 0.25) is 0 Å². The van der Waals surface area contributed by atoms with E-state index in [0.29, 0.717) is 0 Å². The Kier molecular flexibility index (Phi) is 3.13. The Morgan fingerprint density at radius 1 is 0.650 bits per heavy atom. The molecule has 0 saturated carbocycles.